The van der Waals surface area contributed by atoms with Gasteiger partial charge < -0.3 is 4.79 Å². The molecule has 0 aliphatic rings. The lowest BCUT2D eigenvalue weighted by Gasteiger charge is -2.13. The highest BCUT2D eigenvalue weighted by Crippen LogP contribution is 2.32. The second kappa shape index (κ2) is 4.81. The number of rotatable bonds is 3. The lowest BCUT2D eigenvalue weighted by Crippen LogP contribution is -2.09. The molecule has 0 amide bonds. The van der Waals surface area contributed by atoms with E-state index < -0.39 is 0 Å². The number of hydrogen-bond donors (Lipinski definition) is 0. The van der Waals surface area contributed by atoms with Gasteiger partial charge in [0.1, 0.15) is 6.29 Å². The zero-order chi connectivity index (χ0) is 13.3. The van der Waals surface area contributed by atoms with Crippen LogP contribution in [0.2, 0.25) is 0 Å². The van der Waals surface area contributed by atoms with Crippen LogP contribution in [0.3, 0.4) is 0 Å². The Bertz CT molecular complexity index is 565. The van der Waals surface area contributed by atoms with Gasteiger partial charge in [-0.05, 0) is 23.6 Å². The number of nitrogens with zero attached hydrogens (tertiary/aromatic N) is 1. The van der Waals surface area contributed by atoms with Crippen molar-refractivity contribution in [2.24, 2.45) is 0 Å². The van der Waals surface area contributed by atoms with Crippen LogP contribution in [0.25, 0.3) is 10.2 Å². The first-order valence-corrected chi connectivity index (χ1v) is 7.08. The number of thiazole rings is 1. The monoisotopic (exact) mass is 261 g/mol. The molecule has 1 heterocycles. The van der Waals surface area contributed by atoms with E-state index in [1.54, 1.807) is 11.3 Å². The van der Waals surface area contributed by atoms with E-state index in [2.05, 4.69) is 45.9 Å². The fourth-order valence-corrected chi connectivity index (χ4v) is 2.86. The van der Waals surface area contributed by atoms with Crippen molar-refractivity contribution >= 4 is 27.8 Å². The quantitative estimate of drug-likeness (QED) is 0.772. The third-order valence-corrected chi connectivity index (χ3v) is 4.53. The second-order valence-electron chi connectivity index (χ2n) is 5.80. The van der Waals surface area contributed by atoms with Gasteiger partial charge in [-0.3, -0.25) is 0 Å². The minimum absolute atomic E-state index is 0.0955. The van der Waals surface area contributed by atoms with Crippen molar-refractivity contribution in [3.05, 3.63) is 28.8 Å². The molecule has 3 heteroatoms. The summed E-state index contributed by atoms with van der Waals surface area (Å²) in [6.07, 6.45) is 1.55. The van der Waals surface area contributed by atoms with Crippen LogP contribution in [0.4, 0.5) is 0 Å². The Kier molecular flexibility index (Phi) is 3.53. The highest BCUT2D eigenvalue weighted by atomic mass is 32.1. The van der Waals surface area contributed by atoms with Crippen molar-refractivity contribution in [1.82, 2.24) is 4.98 Å². The number of aldehydes is 1. The molecule has 1 aromatic heterocycles. The molecule has 2 nitrogen and oxygen atoms in total. The number of carbonyl (C=O) groups excluding carboxylic acids is 1. The fourth-order valence-electron chi connectivity index (χ4n) is 1.85. The topological polar surface area (TPSA) is 30.0 Å². The van der Waals surface area contributed by atoms with Crippen molar-refractivity contribution in [1.29, 1.82) is 0 Å². The van der Waals surface area contributed by atoms with Crippen LogP contribution >= 0.6 is 11.3 Å². The molecule has 0 fully saturated rings. The summed E-state index contributed by atoms with van der Waals surface area (Å²) in [5.74, 6) is 0.270. The smallest absolute Gasteiger partial charge is 0.120 e. The van der Waals surface area contributed by atoms with E-state index in [4.69, 9.17) is 4.98 Å². The molecule has 0 spiro atoms. The summed E-state index contributed by atoms with van der Waals surface area (Å²) in [5, 5.41) is 1.16. The zero-order valence-electron chi connectivity index (χ0n) is 11.4. The summed E-state index contributed by atoms with van der Waals surface area (Å²) >= 11 is 1.76. The van der Waals surface area contributed by atoms with Gasteiger partial charge in [0.15, 0.2) is 0 Å². The van der Waals surface area contributed by atoms with Crippen LogP contribution in [0.1, 0.15) is 50.6 Å². The molecule has 0 saturated carbocycles. The molecule has 96 valence electrons. The summed E-state index contributed by atoms with van der Waals surface area (Å²) in [6, 6.07) is 6.36. The molecular formula is C15H19NOS. The normalized spacial score (nSPS) is 13.8. The third kappa shape index (κ3) is 2.61. The lowest BCUT2D eigenvalue weighted by atomic mass is 9.97. The first-order valence-electron chi connectivity index (χ1n) is 6.26. The van der Waals surface area contributed by atoms with Crippen molar-refractivity contribution in [3.63, 3.8) is 0 Å². The van der Waals surface area contributed by atoms with Gasteiger partial charge >= 0.3 is 0 Å². The molecule has 0 aliphatic heterocycles. The third-order valence-electron chi connectivity index (χ3n) is 3.07. The first kappa shape index (κ1) is 13.2. The zero-order valence-corrected chi connectivity index (χ0v) is 12.2. The average Bonchev–Trinajstić information content (AvgIpc) is 2.71. The van der Waals surface area contributed by atoms with Crippen LogP contribution in [-0.4, -0.2) is 11.3 Å². The summed E-state index contributed by atoms with van der Waals surface area (Å²) in [7, 11) is 0. The van der Waals surface area contributed by atoms with Gasteiger partial charge in [0.05, 0.1) is 15.2 Å². The SMILES string of the molecule is CC(CC=O)c1ccc2sc(C(C)(C)C)nc2c1. The van der Waals surface area contributed by atoms with E-state index in [0.29, 0.717) is 6.42 Å². The van der Waals surface area contributed by atoms with Crippen molar-refractivity contribution < 1.29 is 4.79 Å². The molecule has 18 heavy (non-hydrogen) atoms. The highest BCUT2D eigenvalue weighted by Gasteiger charge is 2.19. The Labute approximate surface area is 112 Å². The predicted molar refractivity (Wildman–Crippen MR) is 77.4 cm³/mol. The molecule has 0 N–H and O–H groups in total. The largest absolute Gasteiger partial charge is 0.303 e. The number of hydrogen-bond acceptors (Lipinski definition) is 3. The van der Waals surface area contributed by atoms with Gasteiger partial charge in [-0.15, -0.1) is 11.3 Å². The number of aromatic nitrogens is 1. The highest BCUT2D eigenvalue weighted by molar-refractivity contribution is 7.18. The van der Waals surface area contributed by atoms with Crippen LogP contribution in [-0.2, 0) is 10.2 Å². The summed E-state index contributed by atoms with van der Waals surface area (Å²) in [5.41, 5.74) is 2.35. The molecule has 1 aromatic carbocycles. The van der Waals surface area contributed by atoms with Gasteiger partial charge in [0.25, 0.3) is 0 Å². The first-order chi connectivity index (χ1) is 8.41. The predicted octanol–water partition coefficient (Wildman–Crippen LogP) is 4.29. The molecule has 2 aromatic rings. The van der Waals surface area contributed by atoms with E-state index in [9.17, 15) is 4.79 Å². The van der Waals surface area contributed by atoms with Crippen LogP contribution in [0.15, 0.2) is 18.2 Å². The minimum Gasteiger partial charge on any atom is -0.303 e. The molecule has 1 unspecified atom stereocenters. The van der Waals surface area contributed by atoms with E-state index in [0.717, 1.165) is 16.8 Å². The van der Waals surface area contributed by atoms with E-state index in [1.165, 1.54) is 10.3 Å². The summed E-state index contributed by atoms with van der Waals surface area (Å²) in [4.78, 5) is 15.3. The molecule has 0 saturated heterocycles. The van der Waals surface area contributed by atoms with Gasteiger partial charge in [0.2, 0.25) is 0 Å². The minimum atomic E-state index is 0.0955. The van der Waals surface area contributed by atoms with Crippen LogP contribution in [0.5, 0.6) is 0 Å². The fraction of sp³-hybridized carbons (Fsp3) is 0.467. The molecule has 0 aliphatic carbocycles. The summed E-state index contributed by atoms with van der Waals surface area (Å²) in [6.45, 7) is 8.62. The number of fused-ring (bicyclic) bond motifs is 1. The molecule has 1 atom stereocenters. The Hall–Kier alpha value is -1.22. The average molecular weight is 261 g/mol. The number of benzene rings is 1. The Morgan fingerprint density at radius 1 is 1.39 bits per heavy atom. The lowest BCUT2D eigenvalue weighted by molar-refractivity contribution is -0.108. The molecule has 0 radical (unpaired) electrons. The van der Waals surface area contributed by atoms with Gasteiger partial charge in [-0.25, -0.2) is 4.98 Å². The molecular weight excluding hydrogens is 242 g/mol. The van der Waals surface area contributed by atoms with Gasteiger partial charge in [-0.1, -0.05) is 33.8 Å². The van der Waals surface area contributed by atoms with Gasteiger partial charge in [0, 0.05) is 11.8 Å². The van der Waals surface area contributed by atoms with Crippen molar-refractivity contribution in [2.45, 2.75) is 45.4 Å². The standard InChI is InChI=1S/C15H19NOS/c1-10(7-8-17)11-5-6-13-12(9-11)16-14(18-13)15(2,3)4/h5-6,8-10H,7H2,1-4H3. The Balaban J connectivity index is 2.42. The maximum atomic E-state index is 10.6. The molecule has 0 bridgehead atoms. The maximum absolute atomic E-state index is 10.6. The summed E-state index contributed by atoms with van der Waals surface area (Å²) < 4.78 is 1.22. The van der Waals surface area contributed by atoms with Crippen molar-refractivity contribution in [3.8, 4) is 0 Å². The van der Waals surface area contributed by atoms with Gasteiger partial charge in [-0.2, -0.15) is 0 Å². The van der Waals surface area contributed by atoms with Crippen LogP contribution < -0.4 is 0 Å². The van der Waals surface area contributed by atoms with Crippen LogP contribution in [0, 0.1) is 0 Å². The maximum Gasteiger partial charge on any atom is 0.120 e. The van der Waals surface area contributed by atoms with Crippen molar-refractivity contribution in [2.75, 3.05) is 0 Å². The Morgan fingerprint density at radius 3 is 2.72 bits per heavy atom. The number of carbonyl (C=O) groups is 1. The molecule has 2 rings (SSSR count). The second-order valence-corrected chi connectivity index (χ2v) is 6.83. The Morgan fingerprint density at radius 2 is 2.11 bits per heavy atom. The van der Waals surface area contributed by atoms with E-state index in [-0.39, 0.29) is 11.3 Å². The van der Waals surface area contributed by atoms with E-state index >= 15 is 0 Å². The van der Waals surface area contributed by atoms with E-state index in [1.807, 2.05) is 0 Å².